The van der Waals surface area contributed by atoms with E-state index < -0.39 is 0 Å². The van der Waals surface area contributed by atoms with Gasteiger partial charge in [0, 0.05) is 19.5 Å². The van der Waals surface area contributed by atoms with Gasteiger partial charge in [-0.1, -0.05) is 18.2 Å². The molecule has 2 aliphatic rings. The maximum absolute atomic E-state index is 13.0. The molecule has 2 saturated heterocycles. The molecule has 2 fully saturated rings. The van der Waals surface area contributed by atoms with Gasteiger partial charge < -0.3 is 9.47 Å². The second kappa shape index (κ2) is 6.90. The van der Waals surface area contributed by atoms with Gasteiger partial charge in [0.05, 0.1) is 24.9 Å². The van der Waals surface area contributed by atoms with Crippen molar-refractivity contribution < 1.29 is 13.9 Å². The highest BCUT2D eigenvalue weighted by Crippen LogP contribution is 2.36. The van der Waals surface area contributed by atoms with Crippen LogP contribution in [0.5, 0.6) is 0 Å². The van der Waals surface area contributed by atoms with Gasteiger partial charge in [-0.3, -0.25) is 4.90 Å². The van der Waals surface area contributed by atoms with Crippen LogP contribution in [0.3, 0.4) is 0 Å². The van der Waals surface area contributed by atoms with Gasteiger partial charge in [0.2, 0.25) is 0 Å². The molecule has 3 nitrogen and oxygen atoms in total. The van der Waals surface area contributed by atoms with Gasteiger partial charge in [-0.25, -0.2) is 4.39 Å². The second-order valence-electron chi connectivity index (χ2n) is 6.38. The molecule has 0 unspecified atom stereocenters. The zero-order chi connectivity index (χ0) is 15.4. The Kier molecular flexibility index (Phi) is 4.91. The van der Waals surface area contributed by atoms with E-state index >= 15 is 0 Å². The van der Waals surface area contributed by atoms with E-state index in [1.54, 1.807) is 6.08 Å². The number of hydrogen-bond acceptors (Lipinski definition) is 3. The molecule has 2 heterocycles. The first kappa shape index (κ1) is 15.7. The first-order valence-electron chi connectivity index (χ1n) is 8.02. The lowest BCUT2D eigenvalue weighted by Gasteiger charge is -2.39. The van der Waals surface area contributed by atoms with E-state index in [4.69, 9.17) is 9.47 Å². The highest BCUT2D eigenvalue weighted by Gasteiger charge is 2.43. The number of piperidine rings is 1. The lowest BCUT2D eigenvalue weighted by molar-refractivity contribution is -0.0544. The molecule has 0 aromatic heterocycles. The number of likely N-dealkylation sites (tertiary alicyclic amines) is 1. The number of rotatable bonds is 5. The number of ether oxygens (including phenoxy) is 2. The van der Waals surface area contributed by atoms with Crippen molar-refractivity contribution in [2.75, 3.05) is 26.3 Å². The molecule has 1 aromatic carbocycles. The Bertz CT molecular complexity index is 504. The summed E-state index contributed by atoms with van der Waals surface area (Å²) in [7, 11) is 0. The molecule has 120 valence electrons. The van der Waals surface area contributed by atoms with Crippen molar-refractivity contribution >= 4 is 0 Å². The summed E-state index contributed by atoms with van der Waals surface area (Å²) < 4.78 is 24.9. The van der Waals surface area contributed by atoms with Crippen molar-refractivity contribution in [3.8, 4) is 0 Å². The minimum atomic E-state index is -0.180. The third-order valence-corrected chi connectivity index (χ3v) is 4.56. The normalized spacial score (nSPS) is 29.0. The number of hydrogen-bond donors (Lipinski definition) is 0. The topological polar surface area (TPSA) is 21.7 Å². The molecule has 0 saturated carbocycles. The minimum absolute atomic E-state index is 0.0654. The fraction of sp³-hybridized carbons (Fsp3) is 0.556. The van der Waals surface area contributed by atoms with Gasteiger partial charge in [0.15, 0.2) is 0 Å². The minimum Gasteiger partial charge on any atom is -0.372 e. The van der Waals surface area contributed by atoms with Crippen molar-refractivity contribution in [1.82, 2.24) is 4.90 Å². The van der Waals surface area contributed by atoms with E-state index in [1.165, 1.54) is 12.1 Å². The Hall–Kier alpha value is -1.23. The number of benzene rings is 1. The Labute approximate surface area is 131 Å². The summed E-state index contributed by atoms with van der Waals surface area (Å²) in [5.41, 5.74) is 1.08. The molecule has 2 aliphatic heterocycles. The van der Waals surface area contributed by atoms with E-state index in [0.29, 0.717) is 13.2 Å². The van der Waals surface area contributed by atoms with Crippen LogP contribution in [-0.2, 0) is 16.0 Å². The first-order valence-corrected chi connectivity index (χ1v) is 8.02. The molecule has 4 heteroatoms. The second-order valence-corrected chi connectivity index (χ2v) is 6.38. The van der Waals surface area contributed by atoms with Crippen LogP contribution in [0.25, 0.3) is 0 Å². The van der Waals surface area contributed by atoms with Gasteiger partial charge in [0.25, 0.3) is 0 Å². The summed E-state index contributed by atoms with van der Waals surface area (Å²) >= 11 is 0. The smallest absolute Gasteiger partial charge is 0.123 e. The number of halogens is 1. The van der Waals surface area contributed by atoms with Crippen LogP contribution >= 0.6 is 0 Å². The van der Waals surface area contributed by atoms with Crippen LogP contribution in [-0.4, -0.2) is 42.9 Å². The Morgan fingerprint density at radius 3 is 3.00 bits per heavy atom. The molecule has 0 radical (unpaired) electrons. The molecular weight excluding hydrogens is 281 g/mol. The lowest BCUT2D eigenvalue weighted by Crippen LogP contribution is -2.47. The third kappa shape index (κ3) is 3.75. The summed E-state index contributed by atoms with van der Waals surface area (Å²) in [6, 6.07) is 6.78. The molecule has 22 heavy (non-hydrogen) atoms. The Morgan fingerprint density at radius 1 is 1.41 bits per heavy atom. The van der Waals surface area contributed by atoms with Crippen LogP contribution < -0.4 is 0 Å². The van der Waals surface area contributed by atoms with Crippen molar-refractivity contribution in [3.63, 3.8) is 0 Å². The summed E-state index contributed by atoms with van der Waals surface area (Å²) in [4.78, 5) is 2.41. The van der Waals surface area contributed by atoms with Crippen molar-refractivity contribution in [3.05, 3.63) is 48.3 Å². The van der Waals surface area contributed by atoms with Crippen LogP contribution in [0.15, 0.2) is 36.9 Å². The van der Waals surface area contributed by atoms with E-state index in [2.05, 4.69) is 11.5 Å². The van der Waals surface area contributed by atoms with Crippen LogP contribution in [0.4, 0.5) is 4.39 Å². The predicted molar refractivity (Wildman–Crippen MR) is 84.1 cm³/mol. The fourth-order valence-electron chi connectivity index (χ4n) is 3.57. The van der Waals surface area contributed by atoms with Crippen molar-refractivity contribution in [2.24, 2.45) is 0 Å². The molecule has 2 atom stereocenters. The third-order valence-electron chi connectivity index (χ3n) is 4.56. The highest BCUT2D eigenvalue weighted by molar-refractivity contribution is 5.16. The van der Waals surface area contributed by atoms with E-state index in [-0.39, 0.29) is 17.5 Å². The maximum atomic E-state index is 13.0. The standard InChI is InChI=1S/C18H24FNO2/c1-2-10-21-17-11-18(22-13-17)8-3-9-20(14-18)12-15-4-6-16(19)7-5-15/h2,4-7,17H,1,3,8-14H2/t17-,18-/m1/s1. The fourth-order valence-corrected chi connectivity index (χ4v) is 3.57. The van der Waals surface area contributed by atoms with E-state index in [9.17, 15) is 4.39 Å². The molecule has 1 spiro atoms. The van der Waals surface area contributed by atoms with E-state index in [1.807, 2.05) is 12.1 Å². The monoisotopic (exact) mass is 305 g/mol. The average Bonchev–Trinajstić information content (AvgIpc) is 2.90. The average molecular weight is 305 g/mol. The van der Waals surface area contributed by atoms with Crippen LogP contribution in [0.1, 0.15) is 24.8 Å². The summed E-state index contributed by atoms with van der Waals surface area (Å²) in [6.07, 6.45) is 5.16. The molecule has 0 bridgehead atoms. The van der Waals surface area contributed by atoms with E-state index in [0.717, 1.165) is 44.5 Å². The molecule has 3 rings (SSSR count). The summed E-state index contributed by atoms with van der Waals surface area (Å²) in [5.74, 6) is -0.180. The highest BCUT2D eigenvalue weighted by atomic mass is 19.1. The number of nitrogens with zero attached hydrogens (tertiary/aromatic N) is 1. The molecular formula is C18H24FNO2. The van der Waals surface area contributed by atoms with Gasteiger partial charge in [-0.2, -0.15) is 0 Å². The van der Waals surface area contributed by atoms with Gasteiger partial charge in [-0.05, 0) is 37.1 Å². The van der Waals surface area contributed by atoms with Crippen molar-refractivity contribution in [2.45, 2.75) is 37.5 Å². The molecule has 0 aliphatic carbocycles. The summed E-state index contributed by atoms with van der Waals surface area (Å²) in [6.45, 7) is 7.81. The van der Waals surface area contributed by atoms with Gasteiger partial charge >= 0.3 is 0 Å². The summed E-state index contributed by atoms with van der Waals surface area (Å²) in [5, 5.41) is 0. The molecule has 0 N–H and O–H groups in total. The Balaban J connectivity index is 1.57. The predicted octanol–water partition coefficient (Wildman–Crippen LogP) is 3.15. The lowest BCUT2D eigenvalue weighted by atomic mass is 9.89. The largest absolute Gasteiger partial charge is 0.372 e. The van der Waals surface area contributed by atoms with Gasteiger partial charge in [-0.15, -0.1) is 6.58 Å². The van der Waals surface area contributed by atoms with Crippen LogP contribution in [0, 0.1) is 5.82 Å². The molecule has 1 aromatic rings. The van der Waals surface area contributed by atoms with Gasteiger partial charge in [0.1, 0.15) is 5.82 Å². The SMILES string of the molecule is C=CCO[C@H]1CO[C@]2(CCCN(Cc3ccc(F)cc3)C2)C1. The first-order chi connectivity index (χ1) is 10.7. The van der Waals surface area contributed by atoms with Crippen LogP contribution in [0.2, 0.25) is 0 Å². The zero-order valence-corrected chi connectivity index (χ0v) is 13.0. The Morgan fingerprint density at radius 2 is 2.23 bits per heavy atom. The van der Waals surface area contributed by atoms with Crippen molar-refractivity contribution in [1.29, 1.82) is 0 Å². The maximum Gasteiger partial charge on any atom is 0.123 e. The zero-order valence-electron chi connectivity index (χ0n) is 13.0. The molecule has 0 amide bonds. The quantitative estimate of drug-likeness (QED) is 0.780.